The van der Waals surface area contributed by atoms with Crippen molar-refractivity contribution in [2.24, 2.45) is 29.6 Å². The van der Waals surface area contributed by atoms with Crippen LogP contribution in [0.4, 0.5) is 4.79 Å². The molecule has 0 N–H and O–H groups in total. The van der Waals surface area contributed by atoms with Crippen LogP contribution in [-0.2, 0) is 14.2 Å². The van der Waals surface area contributed by atoms with Crippen molar-refractivity contribution in [3.63, 3.8) is 0 Å². The van der Waals surface area contributed by atoms with Crippen molar-refractivity contribution in [3.05, 3.63) is 12.2 Å². The van der Waals surface area contributed by atoms with Gasteiger partial charge >= 0.3 is 6.16 Å². The van der Waals surface area contributed by atoms with Crippen molar-refractivity contribution in [3.8, 4) is 0 Å². The molecule has 4 aliphatic rings. The molecule has 3 fully saturated rings. The second-order valence-electron chi connectivity index (χ2n) is 8.01. The highest BCUT2D eigenvalue weighted by Crippen LogP contribution is 2.61. The van der Waals surface area contributed by atoms with Crippen molar-refractivity contribution >= 4 is 6.16 Å². The molecule has 1 saturated carbocycles. The Morgan fingerprint density at radius 3 is 2.62 bits per heavy atom. The molecular weight excluding hydrogens is 268 g/mol. The Labute approximate surface area is 125 Å². The quantitative estimate of drug-likeness (QED) is 0.579. The lowest BCUT2D eigenvalue weighted by Gasteiger charge is -2.33. The van der Waals surface area contributed by atoms with Gasteiger partial charge in [0.1, 0.15) is 12.2 Å². The maximum absolute atomic E-state index is 11.7. The maximum Gasteiger partial charge on any atom is 0.508 e. The predicted octanol–water partition coefficient (Wildman–Crippen LogP) is 3.16. The first kappa shape index (κ1) is 13.6. The van der Waals surface area contributed by atoms with E-state index in [1.54, 1.807) is 0 Å². The van der Waals surface area contributed by atoms with Crippen LogP contribution in [0.25, 0.3) is 0 Å². The molecule has 2 aliphatic heterocycles. The predicted molar refractivity (Wildman–Crippen MR) is 76.7 cm³/mol. The first-order valence-corrected chi connectivity index (χ1v) is 8.12. The molecule has 7 atom stereocenters. The fourth-order valence-corrected chi connectivity index (χ4v) is 4.96. The van der Waals surface area contributed by atoms with Gasteiger partial charge in [-0.2, -0.15) is 0 Å². The van der Waals surface area contributed by atoms with Crippen LogP contribution in [0.2, 0.25) is 0 Å². The molecule has 0 radical (unpaired) electrons. The highest BCUT2D eigenvalue weighted by Gasteiger charge is 2.62. The van der Waals surface area contributed by atoms with Gasteiger partial charge in [-0.3, -0.25) is 0 Å². The van der Waals surface area contributed by atoms with Crippen molar-refractivity contribution in [2.45, 2.75) is 51.4 Å². The zero-order valence-electron chi connectivity index (χ0n) is 13.0. The van der Waals surface area contributed by atoms with Crippen LogP contribution in [0.15, 0.2) is 12.2 Å². The number of rotatable bonds is 2. The average molecular weight is 292 g/mol. The van der Waals surface area contributed by atoms with E-state index in [-0.39, 0.29) is 6.10 Å². The van der Waals surface area contributed by atoms with Gasteiger partial charge in [0.2, 0.25) is 0 Å². The van der Waals surface area contributed by atoms with Crippen LogP contribution in [0, 0.1) is 29.6 Å². The lowest BCUT2D eigenvalue weighted by molar-refractivity contribution is -0.0217. The number of carbonyl (C=O) groups excluding carboxylic acids is 1. The van der Waals surface area contributed by atoms with E-state index in [2.05, 4.69) is 12.2 Å². The number of hydrogen-bond acceptors (Lipinski definition) is 4. The Morgan fingerprint density at radius 2 is 1.90 bits per heavy atom. The number of fused-ring (bicyclic) bond motifs is 9. The Kier molecular flexibility index (Phi) is 2.91. The Hall–Kier alpha value is -1.03. The van der Waals surface area contributed by atoms with E-state index in [4.69, 9.17) is 14.2 Å². The molecule has 116 valence electrons. The summed E-state index contributed by atoms with van der Waals surface area (Å²) in [5.74, 6) is 3.16. The van der Waals surface area contributed by atoms with Gasteiger partial charge in [-0.25, -0.2) is 4.79 Å². The van der Waals surface area contributed by atoms with Gasteiger partial charge in [-0.1, -0.05) is 12.2 Å². The highest BCUT2D eigenvalue weighted by molar-refractivity contribution is 5.60. The minimum absolute atomic E-state index is 0.280. The summed E-state index contributed by atoms with van der Waals surface area (Å²) in [6, 6.07) is 0. The lowest BCUT2D eigenvalue weighted by atomic mass is 9.70. The third-order valence-corrected chi connectivity index (χ3v) is 5.53. The lowest BCUT2D eigenvalue weighted by Crippen LogP contribution is -2.38. The number of carbonyl (C=O) groups is 1. The van der Waals surface area contributed by atoms with Gasteiger partial charge in [0.25, 0.3) is 0 Å². The molecule has 2 aliphatic carbocycles. The maximum atomic E-state index is 11.7. The molecule has 2 saturated heterocycles. The molecule has 0 aromatic heterocycles. The summed E-state index contributed by atoms with van der Waals surface area (Å²) in [7, 11) is 0. The third kappa shape index (κ3) is 2.19. The minimum atomic E-state index is -0.560. The molecule has 4 heteroatoms. The third-order valence-electron chi connectivity index (χ3n) is 5.53. The summed E-state index contributed by atoms with van der Waals surface area (Å²) < 4.78 is 16.7. The SMILES string of the molecule is CC(C)(C)OC(=O)OCC1CC2OC1C1C3C=CC(C3)C21. The molecule has 4 nitrogen and oxygen atoms in total. The Balaban J connectivity index is 1.35. The van der Waals surface area contributed by atoms with Crippen LogP contribution < -0.4 is 0 Å². The zero-order chi connectivity index (χ0) is 14.8. The van der Waals surface area contributed by atoms with Gasteiger partial charge in [0.15, 0.2) is 0 Å². The first-order chi connectivity index (χ1) is 9.92. The number of ether oxygens (including phenoxy) is 3. The molecule has 2 heterocycles. The van der Waals surface area contributed by atoms with E-state index in [0.29, 0.717) is 30.5 Å². The van der Waals surface area contributed by atoms with Gasteiger partial charge < -0.3 is 14.2 Å². The summed E-state index contributed by atoms with van der Waals surface area (Å²) in [6.45, 7) is 5.98. The molecule has 0 amide bonds. The zero-order valence-corrected chi connectivity index (χ0v) is 13.0. The van der Waals surface area contributed by atoms with Crippen LogP contribution in [0.5, 0.6) is 0 Å². The topological polar surface area (TPSA) is 44.8 Å². The molecule has 21 heavy (non-hydrogen) atoms. The fraction of sp³-hybridized carbons (Fsp3) is 0.824. The Morgan fingerprint density at radius 1 is 1.19 bits per heavy atom. The molecule has 0 aromatic rings. The summed E-state index contributed by atoms with van der Waals surface area (Å²) in [5, 5.41) is 0. The van der Waals surface area contributed by atoms with Gasteiger partial charge in [0.05, 0.1) is 12.2 Å². The number of allylic oxidation sites excluding steroid dienone is 2. The van der Waals surface area contributed by atoms with Crippen molar-refractivity contribution in [2.75, 3.05) is 6.61 Å². The molecule has 4 bridgehead atoms. The summed E-state index contributed by atoms with van der Waals surface area (Å²) in [4.78, 5) is 11.7. The van der Waals surface area contributed by atoms with Crippen molar-refractivity contribution < 1.29 is 19.0 Å². The van der Waals surface area contributed by atoms with Crippen LogP contribution in [0.1, 0.15) is 33.6 Å². The summed E-state index contributed by atoms with van der Waals surface area (Å²) in [6.07, 6.45) is 7.21. The first-order valence-electron chi connectivity index (χ1n) is 8.12. The van der Waals surface area contributed by atoms with E-state index in [1.807, 2.05) is 20.8 Å². The monoisotopic (exact) mass is 292 g/mol. The van der Waals surface area contributed by atoms with Gasteiger partial charge in [-0.15, -0.1) is 0 Å². The number of hydrogen-bond donors (Lipinski definition) is 0. The normalized spacial score (nSPS) is 46.0. The smallest absolute Gasteiger partial charge is 0.434 e. The van der Waals surface area contributed by atoms with Crippen LogP contribution >= 0.6 is 0 Å². The van der Waals surface area contributed by atoms with Crippen LogP contribution in [-0.4, -0.2) is 30.6 Å². The molecule has 0 aromatic carbocycles. The van der Waals surface area contributed by atoms with Crippen molar-refractivity contribution in [1.29, 1.82) is 0 Å². The Bertz CT molecular complexity index is 478. The minimum Gasteiger partial charge on any atom is -0.434 e. The summed E-state index contributed by atoms with van der Waals surface area (Å²) in [5.41, 5.74) is -0.497. The second kappa shape index (κ2) is 4.48. The average Bonchev–Trinajstić information content (AvgIpc) is 3.11. The summed E-state index contributed by atoms with van der Waals surface area (Å²) >= 11 is 0. The van der Waals surface area contributed by atoms with Crippen LogP contribution in [0.3, 0.4) is 0 Å². The van der Waals surface area contributed by atoms with E-state index < -0.39 is 11.8 Å². The second-order valence-corrected chi connectivity index (χ2v) is 8.01. The van der Waals surface area contributed by atoms with Gasteiger partial charge in [-0.05, 0) is 57.3 Å². The van der Waals surface area contributed by atoms with Gasteiger partial charge in [0, 0.05) is 5.92 Å². The van der Waals surface area contributed by atoms with E-state index in [1.165, 1.54) is 6.42 Å². The van der Waals surface area contributed by atoms with Crippen molar-refractivity contribution in [1.82, 2.24) is 0 Å². The molecule has 0 spiro atoms. The highest BCUT2D eigenvalue weighted by atomic mass is 16.7. The molecule has 4 rings (SSSR count). The molecular formula is C17H24O4. The largest absolute Gasteiger partial charge is 0.508 e. The van der Waals surface area contributed by atoms with E-state index in [9.17, 15) is 4.79 Å². The standard InChI is InChI=1S/C17H24O4/c1-17(2,3)21-16(18)19-8-11-7-12-13-9-4-5-10(6-9)14(13)15(11)20-12/h4-5,9-15H,6-8H2,1-3H3. The fourth-order valence-electron chi connectivity index (χ4n) is 4.96. The van der Waals surface area contributed by atoms with E-state index in [0.717, 1.165) is 18.3 Å². The van der Waals surface area contributed by atoms with E-state index >= 15 is 0 Å². The molecule has 7 unspecified atom stereocenters.